The minimum Gasteiger partial charge on any atom is -0.497 e. The summed E-state index contributed by atoms with van der Waals surface area (Å²) in [6, 6.07) is 5.45. The topological polar surface area (TPSA) is 35.5 Å². The largest absolute Gasteiger partial charge is 0.497 e. The molecule has 3 nitrogen and oxygen atoms in total. The van der Waals surface area contributed by atoms with Crippen molar-refractivity contribution >= 4 is 5.78 Å². The van der Waals surface area contributed by atoms with Crippen molar-refractivity contribution in [2.75, 3.05) is 14.2 Å². The molecule has 0 spiro atoms. The SMILES string of the molecule is CCCC1CCC(C(=O)c2cc(OC)ccc2OC)CC1. The lowest BCUT2D eigenvalue weighted by Crippen LogP contribution is -2.22. The Balaban J connectivity index is 2.10. The normalized spacial score (nSPS) is 21.9. The zero-order valence-corrected chi connectivity index (χ0v) is 13.4. The molecule has 1 aromatic carbocycles. The number of rotatable bonds is 6. The van der Waals surface area contributed by atoms with E-state index in [-0.39, 0.29) is 11.7 Å². The molecule has 0 unspecified atom stereocenters. The molecule has 0 N–H and O–H groups in total. The Labute approximate surface area is 127 Å². The van der Waals surface area contributed by atoms with Crippen LogP contribution in [0.2, 0.25) is 0 Å². The second-order valence-corrected chi connectivity index (χ2v) is 5.94. The Morgan fingerprint density at radius 2 is 1.86 bits per heavy atom. The smallest absolute Gasteiger partial charge is 0.169 e. The number of methoxy groups -OCH3 is 2. The molecule has 116 valence electrons. The molecule has 1 fully saturated rings. The first-order valence-corrected chi connectivity index (χ1v) is 7.95. The molecule has 1 aliphatic rings. The molecule has 0 aliphatic heterocycles. The van der Waals surface area contributed by atoms with Crippen molar-refractivity contribution in [3.8, 4) is 11.5 Å². The van der Waals surface area contributed by atoms with E-state index in [0.29, 0.717) is 17.1 Å². The van der Waals surface area contributed by atoms with Crippen molar-refractivity contribution in [2.45, 2.75) is 45.4 Å². The minimum atomic E-state index is 0.138. The quantitative estimate of drug-likeness (QED) is 0.724. The monoisotopic (exact) mass is 290 g/mol. The van der Waals surface area contributed by atoms with E-state index in [1.165, 1.54) is 25.7 Å². The Morgan fingerprint density at radius 3 is 2.43 bits per heavy atom. The van der Waals surface area contributed by atoms with Crippen LogP contribution in [0.5, 0.6) is 11.5 Å². The minimum absolute atomic E-state index is 0.138. The molecule has 21 heavy (non-hydrogen) atoms. The van der Waals surface area contributed by atoms with Gasteiger partial charge in [-0.3, -0.25) is 4.79 Å². The number of carbonyl (C=O) groups excluding carboxylic acids is 1. The van der Waals surface area contributed by atoms with Gasteiger partial charge in [-0.05, 0) is 49.8 Å². The van der Waals surface area contributed by atoms with E-state index in [0.717, 1.165) is 18.8 Å². The third-order valence-corrected chi connectivity index (χ3v) is 4.59. The summed E-state index contributed by atoms with van der Waals surface area (Å²) in [6.07, 6.45) is 6.90. The van der Waals surface area contributed by atoms with Crippen LogP contribution in [-0.4, -0.2) is 20.0 Å². The van der Waals surface area contributed by atoms with Gasteiger partial charge in [0.15, 0.2) is 5.78 Å². The van der Waals surface area contributed by atoms with Gasteiger partial charge in [-0.25, -0.2) is 0 Å². The third-order valence-electron chi connectivity index (χ3n) is 4.59. The zero-order chi connectivity index (χ0) is 15.2. The van der Waals surface area contributed by atoms with Gasteiger partial charge in [0.2, 0.25) is 0 Å². The fourth-order valence-corrected chi connectivity index (χ4v) is 3.35. The number of ketones is 1. The van der Waals surface area contributed by atoms with E-state index in [1.807, 2.05) is 12.1 Å². The van der Waals surface area contributed by atoms with E-state index >= 15 is 0 Å². The molecule has 3 heteroatoms. The molecule has 0 saturated heterocycles. The van der Waals surface area contributed by atoms with Gasteiger partial charge in [0, 0.05) is 5.92 Å². The highest BCUT2D eigenvalue weighted by atomic mass is 16.5. The van der Waals surface area contributed by atoms with Crippen LogP contribution in [0.4, 0.5) is 0 Å². The highest BCUT2D eigenvalue weighted by Crippen LogP contribution is 2.35. The average molecular weight is 290 g/mol. The maximum absolute atomic E-state index is 12.8. The molecule has 0 bridgehead atoms. The fourth-order valence-electron chi connectivity index (χ4n) is 3.35. The molecule has 0 heterocycles. The fraction of sp³-hybridized carbons (Fsp3) is 0.611. The van der Waals surface area contributed by atoms with Crippen LogP contribution in [0.15, 0.2) is 18.2 Å². The Bertz CT molecular complexity index is 473. The summed E-state index contributed by atoms with van der Waals surface area (Å²) in [7, 11) is 3.22. The van der Waals surface area contributed by atoms with Gasteiger partial charge in [0.05, 0.1) is 19.8 Å². The van der Waals surface area contributed by atoms with Crippen LogP contribution in [0.3, 0.4) is 0 Å². The predicted octanol–water partition coefficient (Wildman–Crippen LogP) is 4.49. The molecule has 1 aliphatic carbocycles. The van der Waals surface area contributed by atoms with Crippen molar-refractivity contribution in [1.29, 1.82) is 0 Å². The van der Waals surface area contributed by atoms with Crippen LogP contribution in [0.25, 0.3) is 0 Å². The van der Waals surface area contributed by atoms with Gasteiger partial charge < -0.3 is 9.47 Å². The number of benzene rings is 1. The van der Waals surface area contributed by atoms with E-state index in [1.54, 1.807) is 20.3 Å². The van der Waals surface area contributed by atoms with Crippen LogP contribution >= 0.6 is 0 Å². The number of hydrogen-bond donors (Lipinski definition) is 0. The molecular formula is C18H26O3. The van der Waals surface area contributed by atoms with E-state index in [2.05, 4.69) is 6.92 Å². The summed E-state index contributed by atoms with van der Waals surface area (Å²) in [5.41, 5.74) is 0.663. The molecule has 2 rings (SSSR count). The molecule has 1 saturated carbocycles. The molecule has 0 amide bonds. The lowest BCUT2D eigenvalue weighted by Gasteiger charge is -2.27. The maximum Gasteiger partial charge on any atom is 0.169 e. The van der Waals surface area contributed by atoms with Crippen LogP contribution < -0.4 is 9.47 Å². The number of carbonyl (C=O) groups is 1. The highest BCUT2D eigenvalue weighted by Gasteiger charge is 2.28. The Kier molecular flexibility index (Phi) is 5.66. The predicted molar refractivity (Wildman–Crippen MR) is 84.2 cm³/mol. The van der Waals surface area contributed by atoms with E-state index < -0.39 is 0 Å². The van der Waals surface area contributed by atoms with Crippen molar-refractivity contribution in [1.82, 2.24) is 0 Å². The van der Waals surface area contributed by atoms with Crippen molar-refractivity contribution in [2.24, 2.45) is 11.8 Å². The lowest BCUT2D eigenvalue weighted by atomic mass is 9.77. The summed E-state index contributed by atoms with van der Waals surface area (Å²) < 4.78 is 10.6. The van der Waals surface area contributed by atoms with Crippen molar-refractivity contribution in [3.63, 3.8) is 0 Å². The van der Waals surface area contributed by atoms with E-state index in [4.69, 9.17) is 9.47 Å². The maximum atomic E-state index is 12.8. The first kappa shape index (κ1) is 15.9. The number of hydrogen-bond acceptors (Lipinski definition) is 3. The first-order valence-electron chi connectivity index (χ1n) is 7.95. The summed E-state index contributed by atoms with van der Waals surface area (Å²) in [4.78, 5) is 12.8. The standard InChI is InChI=1S/C18H26O3/c1-4-5-13-6-8-14(9-7-13)18(19)16-12-15(20-2)10-11-17(16)21-3/h10-14H,4-9H2,1-3H3. The molecule has 1 aromatic rings. The number of Topliss-reactive ketones (excluding diaryl/α,β-unsaturated/α-hetero) is 1. The second kappa shape index (κ2) is 7.48. The Morgan fingerprint density at radius 1 is 1.14 bits per heavy atom. The first-order chi connectivity index (χ1) is 10.2. The van der Waals surface area contributed by atoms with Gasteiger partial charge in [0.25, 0.3) is 0 Å². The van der Waals surface area contributed by atoms with E-state index in [9.17, 15) is 4.79 Å². The van der Waals surface area contributed by atoms with Crippen LogP contribution in [0, 0.1) is 11.8 Å². The molecular weight excluding hydrogens is 264 g/mol. The van der Waals surface area contributed by atoms with Crippen molar-refractivity contribution < 1.29 is 14.3 Å². The number of ether oxygens (including phenoxy) is 2. The second-order valence-electron chi connectivity index (χ2n) is 5.94. The summed E-state index contributed by atoms with van der Waals surface area (Å²) in [5, 5.41) is 0. The van der Waals surface area contributed by atoms with Crippen LogP contribution in [-0.2, 0) is 0 Å². The van der Waals surface area contributed by atoms with Gasteiger partial charge in [-0.15, -0.1) is 0 Å². The summed E-state index contributed by atoms with van der Waals surface area (Å²) in [6.45, 7) is 2.23. The average Bonchev–Trinajstić information content (AvgIpc) is 2.54. The highest BCUT2D eigenvalue weighted by molar-refractivity contribution is 6.00. The molecule has 0 radical (unpaired) electrons. The molecule has 0 aromatic heterocycles. The van der Waals surface area contributed by atoms with Gasteiger partial charge in [-0.2, -0.15) is 0 Å². The van der Waals surface area contributed by atoms with Crippen molar-refractivity contribution in [3.05, 3.63) is 23.8 Å². The third kappa shape index (κ3) is 3.78. The molecule has 0 atom stereocenters. The van der Waals surface area contributed by atoms with Crippen LogP contribution in [0.1, 0.15) is 55.8 Å². The van der Waals surface area contributed by atoms with Gasteiger partial charge in [0.1, 0.15) is 11.5 Å². The Hall–Kier alpha value is -1.51. The van der Waals surface area contributed by atoms with Gasteiger partial charge in [-0.1, -0.05) is 19.8 Å². The summed E-state index contributed by atoms with van der Waals surface area (Å²) >= 11 is 0. The van der Waals surface area contributed by atoms with Gasteiger partial charge >= 0.3 is 0 Å². The lowest BCUT2D eigenvalue weighted by molar-refractivity contribution is 0.0866. The zero-order valence-electron chi connectivity index (χ0n) is 13.4. The summed E-state index contributed by atoms with van der Waals surface area (Å²) in [5.74, 6) is 2.52.